The number of hydrogen-bond donors (Lipinski definition) is 1. The highest BCUT2D eigenvalue weighted by atomic mass is 35.5. The fourth-order valence-electron chi connectivity index (χ4n) is 1.87. The summed E-state index contributed by atoms with van der Waals surface area (Å²) in [5, 5.41) is 5.56. The Bertz CT molecular complexity index is 805. The SMILES string of the molecule is CC(OC(=O)c1cnn(C)c1)C(=O)Nc1ccc(Cl)c(C(F)(F)F)c1. The Morgan fingerprint density at radius 1 is 1.36 bits per heavy atom. The van der Waals surface area contributed by atoms with E-state index < -0.39 is 34.7 Å². The number of halogens is 4. The molecular formula is C15H13ClF3N3O3. The van der Waals surface area contributed by atoms with Crippen LogP contribution in [0.2, 0.25) is 5.02 Å². The first-order valence-corrected chi connectivity index (χ1v) is 7.33. The van der Waals surface area contributed by atoms with Crippen molar-refractivity contribution in [2.45, 2.75) is 19.2 Å². The van der Waals surface area contributed by atoms with E-state index >= 15 is 0 Å². The molecule has 0 aliphatic rings. The molecule has 2 aromatic rings. The third kappa shape index (κ3) is 4.72. The van der Waals surface area contributed by atoms with Gasteiger partial charge in [-0.1, -0.05) is 11.6 Å². The van der Waals surface area contributed by atoms with Crippen molar-refractivity contribution in [3.05, 3.63) is 46.7 Å². The van der Waals surface area contributed by atoms with Gasteiger partial charge in [-0.3, -0.25) is 9.48 Å². The Morgan fingerprint density at radius 2 is 2.04 bits per heavy atom. The van der Waals surface area contributed by atoms with E-state index in [1.165, 1.54) is 30.1 Å². The molecule has 6 nitrogen and oxygen atoms in total. The van der Waals surface area contributed by atoms with Gasteiger partial charge in [0.05, 0.1) is 22.3 Å². The molecular weight excluding hydrogens is 363 g/mol. The summed E-state index contributed by atoms with van der Waals surface area (Å²) in [5.74, 6) is -1.56. The molecule has 0 aliphatic carbocycles. The van der Waals surface area contributed by atoms with Crippen LogP contribution in [0.25, 0.3) is 0 Å². The van der Waals surface area contributed by atoms with Gasteiger partial charge in [0.1, 0.15) is 0 Å². The maximum absolute atomic E-state index is 12.8. The van der Waals surface area contributed by atoms with Gasteiger partial charge in [-0.25, -0.2) is 4.79 Å². The summed E-state index contributed by atoms with van der Waals surface area (Å²) in [6.07, 6.45) is -3.21. The molecule has 0 radical (unpaired) electrons. The van der Waals surface area contributed by atoms with Crippen molar-refractivity contribution >= 4 is 29.2 Å². The van der Waals surface area contributed by atoms with E-state index in [-0.39, 0.29) is 11.3 Å². The largest absolute Gasteiger partial charge is 0.449 e. The van der Waals surface area contributed by atoms with Crippen LogP contribution >= 0.6 is 11.6 Å². The van der Waals surface area contributed by atoms with Crippen LogP contribution in [-0.2, 0) is 22.8 Å². The maximum atomic E-state index is 12.8. The number of amides is 1. The Kier molecular flexibility index (Phi) is 5.36. The molecule has 1 heterocycles. The van der Waals surface area contributed by atoms with Crippen molar-refractivity contribution in [2.24, 2.45) is 7.05 Å². The van der Waals surface area contributed by atoms with Crippen molar-refractivity contribution in [1.29, 1.82) is 0 Å². The van der Waals surface area contributed by atoms with Crippen molar-refractivity contribution in [3.8, 4) is 0 Å². The van der Waals surface area contributed by atoms with Gasteiger partial charge in [0.15, 0.2) is 6.10 Å². The first-order valence-electron chi connectivity index (χ1n) is 6.95. The Hall–Kier alpha value is -2.55. The standard InChI is InChI=1S/C15H13ClF3N3O3/c1-8(25-14(24)9-6-20-22(2)7-9)13(23)21-10-3-4-12(16)11(5-10)15(17,18)19/h3-8H,1-2H3,(H,21,23). The first kappa shape index (κ1) is 18.8. The monoisotopic (exact) mass is 375 g/mol. The quantitative estimate of drug-likeness (QED) is 0.832. The van der Waals surface area contributed by atoms with Crippen LogP contribution in [0.1, 0.15) is 22.8 Å². The number of ether oxygens (including phenoxy) is 1. The summed E-state index contributed by atoms with van der Waals surface area (Å²) < 4.78 is 44.8. The number of carbonyl (C=O) groups excluding carboxylic acids is 2. The molecule has 10 heteroatoms. The number of esters is 1. The van der Waals surface area contributed by atoms with Crippen molar-refractivity contribution in [2.75, 3.05) is 5.32 Å². The van der Waals surface area contributed by atoms with Gasteiger partial charge in [0.25, 0.3) is 5.91 Å². The topological polar surface area (TPSA) is 73.2 Å². The van der Waals surface area contributed by atoms with E-state index in [9.17, 15) is 22.8 Å². The number of aryl methyl sites for hydroxylation is 1. The zero-order valence-electron chi connectivity index (χ0n) is 13.1. The predicted molar refractivity (Wildman–Crippen MR) is 83.2 cm³/mol. The number of carbonyl (C=O) groups is 2. The lowest BCUT2D eigenvalue weighted by atomic mass is 10.2. The lowest BCUT2D eigenvalue weighted by molar-refractivity contribution is -0.137. The molecule has 1 aromatic carbocycles. The van der Waals surface area contributed by atoms with E-state index in [4.69, 9.17) is 16.3 Å². The fourth-order valence-corrected chi connectivity index (χ4v) is 2.10. The number of aromatic nitrogens is 2. The van der Waals surface area contributed by atoms with E-state index in [1.807, 2.05) is 0 Å². The zero-order valence-corrected chi connectivity index (χ0v) is 13.9. The molecule has 0 fully saturated rings. The maximum Gasteiger partial charge on any atom is 0.417 e. The zero-order chi connectivity index (χ0) is 18.8. The average Bonchev–Trinajstić information content (AvgIpc) is 2.94. The lowest BCUT2D eigenvalue weighted by Crippen LogP contribution is -2.30. The molecule has 1 unspecified atom stereocenters. The minimum atomic E-state index is -4.66. The third-order valence-corrected chi connectivity index (χ3v) is 3.46. The van der Waals surface area contributed by atoms with Gasteiger partial charge in [-0.2, -0.15) is 18.3 Å². The fraction of sp³-hybridized carbons (Fsp3) is 0.267. The average molecular weight is 376 g/mol. The van der Waals surface area contributed by atoms with Gasteiger partial charge < -0.3 is 10.1 Å². The highest BCUT2D eigenvalue weighted by Gasteiger charge is 2.33. The van der Waals surface area contributed by atoms with Crippen LogP contribution in [0, 0.1) is 0 Å². The highest BCUT2D eigenvalue weighted by Crippen LogP contribution is 2.36. The van der Waals surface area contributed by atoms with Crippen LogP contribution in [0.5, 0.6) is 0 Å². The number of hydrogen-bond acceptors (Lipinski definition) is 4. The van der Waals surface area contributed by atoms with Crippen molar-refractivity contribution < 1.29 is 27.5 Å². The van der Waals surface area contributed by atoms with Gasteiger partial charge in [0.2, 0.25) is 0 Å². The summed E-state index contributed by atoms with van der Waals surface area (Å²) in [7, 11) is 1.60. The molecule has 0 aliphatic heterocycles. The minimum Gasteiger partial charge on any atom is -0.449 e. The molecule has 0 bridgehead atoms. The van der Waals surface area contributed by atoms with Crippen LogP contribution < -0.4 is 5.32 Å². The number of alkyl halides is 3. The molecule has 134 valence electrons. The Morgan fingerprint density at radius 3 is 2.60 bits per heavy atom. The first-order chi connectivity index (χ1) is 11.6. The van der Waals surface area contributed by atoms with Crippen LogP contribution in [0.4, 0.5) is 18.9 Å². The van der Waals surface area contributed by atoms with E-state index in [1.54, 1.807) is 7.05 Å². The second kappa shape index (κ2) is 7.14. The Labute approximate surface area is 145 Å². The minimum absolute atomic E-state index is 0.119. The molecule has 0 saturated carbocycles. The summed E-state index contributed by atoms with van der Waals surface area (Å²) in [4.78, 5) is 23.8. The highest BCUT2D eigenvalue weighted by molar-refractivity contribution is 6.31. The number of nitrogens with zero attached hydrogens (tertiary/aromatic N) is 2. The van der Waals surface area contributed by atoms with Crippen molar-refractivity contribution in [1.82, 2.24) is 9.78 Å². The molecule has 0 saturated heterocycles. The second-order valence-corrected chi connectivity index (χ2v) is 5.54. The molecule has 25 heavy (non-hydrogen) atoms. The number of nitrogens with one attached hydrogen (secondary N) is 1. The molecule has 2 rings (SSSR count). The number of benzene rings is 1. The lowest BCUT2D eigenvalue weighted by Gasteiger charge is -2.15. The Balaban J connectivity index is 2.05. The van der Waals surface area contributed by atoms with Gasteiger partial charge in [-0.15, -0.1) is 0 Å². The third-order valence-electron chi connectivity index (χ3n) is 3.13. The molecule has 1 N–H and O–H groups in total. The molecule has 1 atom stereocenters. The van der Waals surface area contributed by atoms with Crippen LogP contribution in [-0.4, -0.2) is 27.8 Å². The van der Waals surface area contributed by atoms with Gasteiger partial charge >= 0.3 is 12.1 Å². The summed E-state index contributed by atoms with van der Waals surface area (Å²) in [6.45, 7) is 1.30. The second-order valence-electron chi connectivity index (χ2n) is 5.13. The van der Waals surface area contributed by atoms with E-state index in [2.05, 4.69) is 10.4 Å². The number of anilines is 1. The summed E-state index contributed by atoms with van der Waals surface area (Å²) in [5.41, 5.74) is -1.05. The molecule has 1 amide bonds. The van der Waals surface area contributed by atoms with Gasteiger partial charge in [0, 0.05) is 18.9 Å². The molecule has 0 spiro atoms. The van der Waals surface area contributed by atoms with Crippen LogP contribution in [0.3, 0.4) is 0 Å². The normalized spacial score (nSPS) is 12.6. The van der Waals surface area contributed by atoms with E-state index in [0.29, 0.717) is 6.07 Å². The molecule has 1 aromatic heterocycles. The predicted octanol–water partition coefficient (Wildman–Crippen LogP) is 3.28. The van der Waals surface area contributed by atoms with Crippen molar-refractivity contribution in [3.63, 3.8) is 0 Å². The number of rotatable bonds is 4. The van der Waals surface area contributed by atoms with Crippen LogP contribution in [0.15, 0.2) is 30.6 Å². The van der Waals surface area contributed by atoms with Gasteiger partial charge in [-0.05, 0) is 25.1 Å². The van der Waals surface area contributed by atoms with E-state index in [0.717, 1.165) is 6.07 Å². The summed E-state index contributed by atoms with van der Waals surface area (Å²) in [6, 6.07) is 2.94. The summed E-state index contributed by atoms with van der Waals surface area (Å²) >= 11 is 5.51. The smallest absolute Gasteiger partial charge is 0.417 e.